The lowest BCUT2D eigenvalue weighted by molar-refractivity contribution is 0.102. The second-order valence-electron chi connectivity index (χ2n) is 5.43. The van der Waals surface area contributed by atoms with Gasteiger partial charge in [0.2, 0.25) is 0 Å². The summed E-state index contributed by atoms with van der Waals surface area (Å²) in [5.41, 5.74) is 0. The topological polar surface area (TPSA) is 24.5 Å². The highest BCUT2D eigenvalue weighted by Crippen LogP contribution is 2.15. The number of hydrogen-bond acceptors (Lipinski definition) is 3. The molecule has 0 aromatic rings. The molecule has 3 nitrogen and oxygen atoms in total. The van der Waals surface area contributed by atoms with Gasteiger partial charge in [-0.15, -0.1) is 0 Å². The third kappa shape index (κ3) is 4.81. The number of hydrogen-bond donors (Lipinski definition) is 1. The maximum absolute atomic E-state index is 5.13. The van der Waals surface area contributed by atoms with Crippen molar-refractivity contribution in [3.63, 3.8) is 0 Å². The predicted molar refractivity (Wildman–Crippen MR) is 68.8 cm³/mol. The van der Waals surface area contributed by atoms with Crippen molar-refractivity contribution in [1.29, 1.82) is 0 Å². The Balaban J connectivity index is 2.38. The van der Waals surface area contributed by atoms with Crippen LogP contribution in [0.1, 0.15) is 33.6 Å². The van der Waals surface area contributed by atoms with Crippen LogP contribution in [0.2, 0.25) is 0 Å². The minimum absolute atomic E-state index is 0.631. The smallest absolute Gasteiger partial charge is 0.0474 e. The minimum atomic E-state index is 0.631. The van der Waals surface area contributed by atoms with Crippen LogP contribution in [-0.2, 0) is 4.74 Å². The van der Waals surface area contributed by atoms with Gasteiger partial charge in [0.1, 0.15) is 0 Å². The van der Waals surface area contributed by atoms with E-state index in [-0.39, 0.29) is 0 Å². The molecule has 16 heavy (non-hydrogen) atoms. The highest BCUT2D eigenvalue weighted by molar-refractivity contribution is 4.84. The molecule has 1 N–H and O–H groups in total. The first-order valence-corrected chi connectivity index (χ1v) is 6.59. The Labute approximate surface area is 101 Å². The first-order chi connectivity index (χ1) is 7.63. The molecule has 1 aliphatic heterocycles. The Morgan fingerprint density at radius 2 is 2.19 bits per heavy atom. The average molecular weight is 228 g/mol. The second kappa shape index (κ2) is 7.25. The summed E-state index contributed by atoms with van der Waals surface area (Å²) in [7, 11) is 1.78. The molecule has 0 aliphatic carbocycles. The molecular formula is C13H28N2O. The molecule has 0 saturated carbocycles. The van der Waals surface area contributed by atoms with Crippen molar-refractivity contribution in [3.8, 4) is 0 Å². The van der Waals surface area contributed by atoms with Crippen LogP contribution < -0.4 is 5.32 Å². The molecule has 3 heteroatoms. The van der Waals surface area contributed by atoms with Crippen LogP contribution in [0.3, 0.4) is 0 Å². The van der Waals surface area contributed by atoms with Gasteiger partial charge in [-0.2, -0.15) is 0 Å². The standard InChI is InChI=1S/C13H28N2O/c1-11(2)8-13-9-14-12(3)10-15(13)6-5-7-16-4/h11-14H,5-10H2,1-4H3. The molecule has 0 radical (unpaired) electrons. The third-order valence-corrected chi connectivity index (χ3v) is 3.26. The van der Waals surface area contributed by atoms with E-state index in [9.17, 15) is 0 Å². The molecule has 0 spiro atoms. The van der Waals surface area contributed by atoms with Crippen molar-refractivity contribution >= 4 is 0 Å². The Kier molecular flexibility index (Phi) is 6.32. The predicted octanol–water partition coefficient (Wildman–Crippen LogP) is 1.73. The Morgan fingerprint density at radius 1 is 1.44 bits per heavy atom. The van der Waals surface area contributed by atoms with Gasteiger partial charge >= 0.3 is 0 Å². The van der Waals surface area contributed by atoms with Crippen molar-refractivity contribution in [2.45, 2.75) is 45.7 Å². The van der Waals surface area contributed by atoms with Gasteiger partial charge in [-0.1, -0.05) is 13.8 Å². The van der Waals surface area contributed by atoms with Gasteiger partial charge in [-0.25, -0.2) is 0 Å². The monoisotopic (exact) mass is 228 g/mol. The summed E-state index contributed by atoms with van der Waals surface area (Å²) in [6, 6.07) is 1.35. The second-order valence-corrected chi connectivity index (χ2v) is 5.43. The summed E-state index contributed by atoms with van der Waals surface area (Å²) in [5, 5.41) is 3.58. The van der Waals surface area contributed by atoms with Crippen LogP contribution in [0, 0.1) is 5.92 Å². The molecule has 1 saturated heterocycles. The quantitative estimate of drug-likeness (QED) is 0.701. The summed E-state index contributed by atoms with van der Waals surface area (Å²) in [4.78, 5) is 2.64. The van der Waals surface area contributed by atoms with E-state index < -0.39 is 0 Å². The van der Waals surface area contributed by atoms with Crippen LogP contribution in [0.4, 0.5) is 0 Å². The van der Waals surface area contributed by atoms with E-state index in [0.29, 0.717) is 12.1 Å². The number of nitrogens with one attached hydrogen (secondary N) is 1. The summed E-state index contributed by atoms with van der Waals surface area (Å²) >= 11 is 0. The van der Waals surface area contributed by atoms with E-state index in [1.165, 1.54) is 19.5 Å². The lowest BCUT2D eigenvalue weighted by Crippen LogP contribution is -2.56. The molecule has 0 bridgehead atoms. The van der Waals surface area contributed by atoms with Gasteiger partial charge in [0.05, 0.1) is 0 Å². The van der Waals surface area contributed by atoms with Crippen LogP contribution >= 0.6 is 0 Å². The summed E-state index contributed by atoms with van der Waals surface area (Å²) in [6.45, 7) is 11.3. The molecule has 2 unspecified atom stereocenters. The van der Waals surface area contributed by atoms with Gasteiger partial charge in [-0.3, -0.25) is 4.90 Å². The molecular weight excluding hydrogens is 200 g/mol. The third-order valence-electron chi connectivity index (χ3n) is 3.26. The van der Waals surface area contributed by atoms with Crippen molar-refractivity contribution < 1.29 is 4.74 Å². The van der Waals surface area contributed by atoms with Crippen molar-refractivity contribution in [3.05, 3.63) is 0 Å². The Hall–Kier alpha value is -0.120. The van der Waals surface area contributed by atoms with E-state index in [0.717, 1.165) is 25.5 Å². The molecule has 2 atom stereocenters. The first-order valence-electron chi connectivity index (χ1n) is 6.59. The summed E-state index contributed by atoms with van der Waals surface area (Å²) in [5.74, 6) is 0.783. The zero-order chi connectivity index (χ0) is 12.0. The van der Waals surface area contributed by atoms with Crippen LogP contribution in [0.15, 0.2) is 0 Å². The number of rotatable bonds is 6. The SMILES string of the molecule is COCCCN1CC(C)NCC1CC(C)C. The van der Waals surface area contributed by atoms with Gasteiger partial charge < -0.3 is 10.1 Å². The fourth-order valence-electron chi connectivity index (χ4n) is 2.49. The highest BCUT2D eigenvalue weighted by Gasteiger charge is 2.25. The summed E-state index contributed by atoms with van der Waals surface area (Å²) < 4.78 is 5.13. The molecule has 96 valence electrons. The van der Waals surface area contributed by atoms with Crippen LogP contribution in [0.25, 0.3) is 0 Å². The lowest BCUT2D eigenvalue weighted by Gasteiger charge is -2.40. The van der Waals surface area contributed by atoms with Crippen molar-refractivity contribution in [2.75, 3.05) is 33.4 Å². The van der Waals surface area contributed by atoms with Gasteiger partial charge in [0, 0.05) is 45.4 Å². The molecule has 0 aromatic heterocycles. The van der Waals surface area contributed by atoms with Gasteiger partial charge in [0.15, 0.2) is 0 Å². The van der Waals surface area contributed by atoms with E-state index in [1.807, 2.05) is 0 Å². The Bertz CT molecular complexity index is 185. The molecule has 0 amide bonds. The van der Waals surface area contributed by atoms with Crippen molar-refractivity contribution in [2.24, 2.45) is 5.92 Å². The van der Waals surface area contributed by atoms with Crippen molar-refractivity contribution in [1.82, 2.24) is 10.2 Å². The normalized spacial score (nSPS) is 27.6. The minimum Gasteiger partial charge on any atom is -0.385 e. The zero-order valence-electron chi connectivity index (χ0n) is 11.3. The maximum atomic E-state index is 5.13. The number of ether oxygens (including phenoxy) is 1. The van der Waals surface area contributed by atoms with E-state index in [2.05, 4.69) is 31.0 Å². The van der Waals surface area contributed by atoms with E-state index in [1.54, 1.807) is 7.11 Å². The van der Waals surface area contributed by atoms with Crippen LogP contribution in [0.5, 0.6) is 0 Å². The molecule has 1 rings (SSSR count). The fourth-order valence-corrected chi connectivity index (χ4v) is 2.49. The molecule has 1 aliphatic rings. The first kappa shape index (κ1) is 13.9. The molecule has 0 aromatic carbocycles. The van der Waals surface area contributed by atoms with Gasteiger partial charge in [0.25, 0.3) is 0 Å². The largest absolute Gasteiger partial charge is 0.385 e. The lowest BCUT2D eigenvalue weighted by atomic mass is 9.99. The fraction of sp³-hybridized carbons (Fsp3) is 1.00. The molecule has 1 fully saturated rings. The number of methoxy groups -OCH3 is 1. The summed E-state index contributed by atoms with van der Waals surface area (Å²) in [6.07, 6.45) is 2.45. The Morgan fingerprint density at radius 3 is 2.81 bits per heavy atom. The van der Waals surface area contributed by atoms with Crippen LogP contribution in [-0.4, -0.2) is 50.3 Å². The number of piperazine rings is 1. The number of nitrogens with zero attached hydrogens (tertiary/aromatic N) is 1. The van der Waals surface area contributed by atoms with E-state index in [4.69, 9.17) is 4.74 Å². The molecule has 1 heterocycles. The maximum Gasteiger partial charge on any atom is 0.0474 e. The van der Waals surface area contributed by atoms with E-state index >= 15 is 0 Å². The zero-order valence-corrected chi connectivity index (χ0v) is 11.3. The highest BCUT2D eigenvalue weighted by atomic mass is 16.5. The average Bonchev–Trinajstić information content (AvgIpc) is 2.22. The van der Waals surface area contributed by atoms with Gasteiger partial charge in [-0.05, 0) is 25.7 Å².